The Kier molecular flexibility index (Phi) is 7.61. The molecule has 0 saturated carbocycles. The molecule has 0 N–H and O–H groups in total. The largest absolute Gasteiger partial charge is 0.308 e. The summed E-state index contributed by atoms with van der Waals surface area (Å²) in [5.41, 5.74) is 19.9. The number of hydrogen-bond donors (Lipinski definition) is 0. The predicted octanol–water partition coefficient (Wildman–Crippen LogP) is 17.6. The first-order chi connectivity index (χ1) is 30.8. The predicted molar refractivity (Wildman–Crippen MR) is 282 cm³/mol. The van der Waals surface area contributed by atoms with E-state index >= 15 is 0 Å². The average molecular weight is 847 g/mol. The van der Waals surface area contributed by atoms with Crippen molar-refractivity contribution in [2.24, 2.45) is 5.92 Å². The number of hydrogen-bond acceptors (Lipinski definition) is 0. The molecule has 0 spiro atoms. The summed E-state index contributed by atoms with van der Waals surface area (Å²) in [6, 6.07) is 32.4. The fourth-order valence-corrected chi connectivity index (χ4v) is 12.9. The molecular weight excluding hydrogens is 785 g/mol. The zero-order chi connectivity index (χ0) is 45.0. The topological polar surface area (TPSA) is 8.82 Å². The van der Waals surface area contributed by atoms with Gasteiger partial charge in [0.05, 0.1) is 33.1 Å². The van der Waals surface area contributed by atoms with Crippen LogP contribution in [0.4, 0.5) is 0 Å². The van der Waals surface area contributed by atoms with Gasteiger partial charge in [0, 0.05) is 60.3 Å². The van der Waals surface area contributed by atoms with E-state index in [1.165, 1.54) is 115 Å². The molecule has 2 nitrogen and oxygen atoms in total. The summed E-state index contributed by atoms with van der Waals surface area (Å²) in [5, 5.41) is 14.0. The third-order valence-corrected chi connectivity index (χ3v) is 16.3. The maximum absolute atomic E-state index is 2.71. The molecule has 0 aliphatic heterocycles. The Hall–Kier alpha value is -5.86. The lowest BCUT2D eigenvalue weighted by molar-refractivity contribution is 0.590. The van der Waals surface area contributed by atoms with E-state index in [-0.39, 0.29) is 27.6 Å². The summed E-state index contributed by atoms with van der Waals surface area (Å²) in [6.45, 7) is 28.4. The second-order valence-electron chi connectivity index (χ2n) is 24.4. The van der Waals surface area contributed by atoms with Gasteiger partial charge >= 0.3 is 0 Å². The molecule has 0 amide bonds. The lowest BCUT2D eigenvalue weighted by Gasteiger charge is -2.25. The first-order valence-corrected chi connectivity index (χ1v) is 24.5. The summed E-state index contributed by atoms with van der Waals surface area (Å²) in [7, 11) is 0. The number of rotatable bonds is 1. The van der Waals surface area contributed by atoms with Crippen LogP contribution in [0.25, 0.3) is 87.0 Å². The minimum absolute atomic E-state index is 0.00469. The van der Waals surface area contributed by atoms with Crippen molar-refractivity contribution in [3.05, 3.63) is 154 Å². The molecule has 2 heteroatoms. The van der Waals surface area contributed by atoms with Crippen molar-refractivity contribution in [3.8, 4) is 0 Å². The van der Waals surface area contributed by atoms with E-state index in [0.29, 0.717) is 5.92 Å². The Labute approximate surface area is 383 Å². The molecule has 4 aromatic heterocycles. The maximum Gasteiger partial charge on any atom is 0.0630 e. The van der Waals surface area contributed by atoms with Gasteiger partial charge in [-0.1, -0.05) is 161 Å². The second-order valence-corrected chi connectivity index (χ2v) is 24.4. The Morgan fingerprint density at radius 3 is 1.62 bits per heavy atom. The van der Waals surface area contributed by atoms with Gasteiger partial charge in [-0.3, -0.25) is 0 Å². The zero-order valence-corrected chi connectivity index (χ0v) is 40.6. The van der Waals surface area contributed by atoms with Crippen LogP contribution in [0.1, 0.15) is 136 Å². The number of benzene rings is 6. The van der Waals surface area contributed by atoms with E-state index in [0.717, 1.165) is 19.3 Å². The molecule has 0 fully saturated rings. The van der Waals surface area contributed by atoms with Crippen molar-refractivity contribution < 1.29 is 0 Å². The molecule has 6 aromatic carbocycles. The number of allylic oxidation sites excluding steroid dienone is 8. The summed E-state index contributed by atoms with van der Waals surface area (Å²) in [6.07, 6.45) is 15.5. The zero-order valence-electron chi connectivity index (χ0n) is 40.6. The molecular formula is C63H62N2. The second kappa shape index (κ2) is 12.5. The van der Waals surface area contributed by atoms with Crippen molar-refractivity contribution in [2.75, 3.05) is 0 Å². The fourth-order valence-electron chi connectivity index (χ4n) is 12.9. The van der Waals surface area contributed by atoms with Crippen molar-refractivity contribution in [1.82, 2.24) is 8.80 Å². The number of aromatic nitrogens is 2. The Morgan fingerprint density at radius 2 is 1.00 bits per heavy atom. The van der Waals surface area contributed by atoms with Crippen LogP contribution in [0.3, 0.4) is 0 Å². The van der Waals surface area contributed by atoms with Crippen LogP contribution in [0.5, 0.6) is 0 Å². The SMILES string of the molecule is CC(C)(C)c1ccc2c(c1)c1c3c(cc4c5ccc(C(C)(C)C)cc5n2c41)c(C1C2=CC=CCC2C2=C1CCC=C2)c1c2ccc(C(C)(C)C)cc2n2c4ccc(C(C)(C)C)cc4c3c12. The highest BCUT2D eigenvalue weighted by Crippen LogP contribution is 2.60. The maximum atomic E-state index is 2.71. The molecule has 10 aromatic rings. The van der Waals surface area contributed by atoms with E-state index in [4.69, 9.17) is 0 Å². The third kappa shape index (κ3) is 5.18. The molecule has 65 heavy (non-hydrogen) atoms. The Balaban J connectivity index is 1.37. The van der Waals surface area contributed by atoms with E-state index in [9.17, 15) is 0 Å². The lowest BCUT2D eigenvalue weighted by atomic mass is 9.77. The van der Waals surface area contributed by atoms with Gasteiger partial charge in [-0.25, -0.2) is 0 Å². The molecule has 13 rings (SSSR count). The summed E-state index contributed by atoms with van der Waals surface area (Å²) in [5.74, 6) is 0.620. The molecule has 2 unspecified atom stereocenters. The highest BCUT2D eigenvalue weighted by molar-refractivity contribution is 6.42. The van der Waals surface area contributed by atoms with Gasteiger partial charge in [0.2, 0.25) is 0 Å². The van der Waals surface area contributed by atoms with Crippen LogP contribution < -0.4 is 0 Å². The highest BCUT2D eigenvalue weighted by atomic mass is 14.9. The van der Waals surface area contributed by atoms with Crippen molar-refractivity contribution in [1.29, 1.82) is 0 Å². The highest BCUT2D eigenvalue weighted by Gasteiger charge is 2.42. The first kappa shape index (κ1) is 39.5. The van der Waals surface area contributed by atoms with Crippen LogP contribution in [0.15, 0.2) is 126 Å². The molecule has 3 aliphatic rings. The van der Waals surface area contributed by atoms with Gasteiger partial charge in [0.1, 0.15) is 0 Å². The van der Waals surface area contributed by atoms with Crippen LogP contribution in [0.2, 0.25) is 0 Å². The lowest BCUT2D eigenvalue weighted by Crippen LogP contribution is -2.11. The van der Waals surface area contributed by atoms with E-state index < -0.39 is 0 Å². The average Bonchev–Trinajstić information content (AvgIpc) is 4.04. The minimum atomic E-state index is -0.00469. The van der Waals surface area contributed by atoms with Crippen molar-refractivity contribution >= 4 is 87.0 Å². The smallest absolute Gasteiger partial charge is 0.0630 e. The summed E-state index contributed by atoms with van der Waals surface area (Å²) < 4.78 is 5.37. The van der Waals surface area contributed by atoms with Gasteiger partial charge in [0.25, 0.3) is 0 Å². The van der Waals surface area contributed by atoms with Crippen LogP contribution in [-0.4, -0.2) is 8.80 Å². The summed E-state index contributed by atoms with van der Waals surface area (Å²) in [4.78, 5) is 0. The van der Waals surface area contributed by atoms with E-state index in [2.05, 4.69) is 201 Å². The number of nitrogens with zero attached hydrogens (tertiary/aromatic N) is 2. The molecule has 2 atom stereocenters. The Bertz CT molecular complexity index is 3840. The van der Waals surface area contributed by atoms with Crippen molar-refractivity contribution in [2.45, 2.75) is 130 Å². The molecule has 0 bridgehead atoms. The Morgan fingerprint density at radius 1 is 0.462 bits per heavy atom. The molecule has 0 saturated heterocycles. The van der Waals surface area contributed by atoms with Crippen LogP contribution in [-0.2, 0) is 21.7 Å². The first-order valence-electron chi connectivity index (χ1n) is 24.5. The van der Waals surface area contributed by atoms with Gasteiger partial charge in [0.15, 0.2) is 0 Å². The fraction of sp³-hybridized carbons (Fsp3) is 0.333. The van der Waals surface area contributed by atoms with E-state index in [1.807, 2.05) is 0 Å². The normalized spacial score (nSPS) is 18.8. The molecule has 0 radical (unpaired) electrons. The van der Waals surface area contributed by atoms with Gasteiger partial charge in [-0.2, -0.15) is 0 Å². The van der Waals surface area contributed by atoms with Crippen LogP contribution in [0, 0.1) is 5.92 Å². The van der Waals surface area contributed by atoms with Crippen molar-refractivity contribution in [3.63, 3.8) is 0 Å². The van der Waals surface area contributed by atoms with Gasteiger partial charge < -0.3 is 8.80 Å². The summed E-state index contributed by atoms with van der Waals surface area (Å²) >= 11 is 0. The molecule has 324 valence electrons. The minimum Gasteiger partial charge on any atom is -0.308 e. The molecule has 4 heterocycles. The van der Waals surface area contributed by atoms with E-state index in [1.54, 1.807) is 16.7 Å². The van der Waals surface area contributed by atoms with Gasteiger partial charge in [-0.15, -0.1) is 0 Å². The van der Waals surface area contributed by atoms with Gasteiger partial charge in [-0.05, 0) is 122 Å². The standard InChI is InChI=1S/C63H62N2/c1-60(2,3)34-23-27-48-45(29-34)56-54-47(33-44-40-25-21-36(62(7,8)9)31-50(40)64(48)58(44)56)53(52-41-19-15-13-17-38(41)39-18-14-16-20-42(39)52)55-43-26-22-37(63(10,11)12)32-51(43)65-49-28-24-35(61(4,5)6)30-46(49)57(54)59(55)65/h13-15,18-19,21-33,38,52H,16-17,20H2,1-12H3. The molecule has 3 aliphatic carbocycles. The number of fused-ring (bicyclic) bond motifs is 17. The van der Waals surface area contributed by atoms with Crippen LogP contribution >= 0.6 is 0 Å². The quantitative estimate of drug-likeness (QED) is 0.156. The monoisotopic (exact) mass is 846 g/mol. The third-order valence-electron chi connectivity index (χ3n) is 16.3.